The first-order valence-corrected chi connectivity index (χ1v) is 6.49. The minimum atomic E-state index is -4.47. The quantitative estimate of drug-likeness (QED) is 0.852. The van der Waals surface area contributed by atoms with Crippen molar-refractivity contribution in [3.8, 4) is 11.1 Å². The number of ether oxygens (including phenoxy) is 1. The van der Waals surface area contributed by atoms with E-state index in [9.17, 15) is 13.2 Å². The van der Waals surface area contributed by atoms with E-state index in [1.54, 1.807) is 38.3 Å². The molecule has 2 aromatic rings. The van der Waals surface area contributed by atoms with Crippen LogP contribution in [0, 0.1) is 6.92 Å². The van der Waals surface area contributed by atoms with Gasteiger partial charge in [-0.15, -0.1) is 0 Å². The Kier molecular flexibility index (Phi) is 4.09. The molecule has 1 atom stereocenters. The number of benzene rings is 1. The maximum absolute atomic E-state index is 13.1. The van der Waals surface area contributed by atoms with Crippen molar-refractivity contribution in [3.63, 3.8) is 0 Å². The molecule has 114 valence electrons. The summed E-state index contributed by atoms with van der Waals surface area (Å²) in [6, 6.07) is 6.89. The summed E-state index contributed by atoms with van der Waals surface area (Å²) >= 11 is 0. The molecule has 0 saturated heterocycles. The van der Waals surface area contributed by atoms with Gasteiger partial charge in [-0.1, -0.05) is 24.3 Å². The summed E-state index contributed by atoms with van der Waals surface area (Å²) in [6.45, 7) is 3.51. The summed E-state index contributed by atoms with van der Waals surface area (Å²) < 4.78 is 45.7. The highest BCUT2D eigenvalue weighted by molar-refractivity contribution is 5.69. The fourth-order valence-electron chi connectivity index (χ4n) is 2.21. The summed E-state index contributed by atoms with van der Waals surface area (Å²) in [5.41, 5.74) is 1.17. The van der Waals surface area contributed by atoms with Gasteiger partial charge >= 0.3 is 6.18 Å². The van der Waals surface area contributed by atoms with E-state index in [4.69, 9.17) is 4.74 Å². The normalized spacial score (nSPS) is 13.5. The second-order valence-corrected chi connectivity index (χ2v) is 4.93. The smallest absolute Gasteiger partial charge is 0.377 e. The van der Waals surface area contributed by atoms with Crippen molar-refractivity contribution in [3.05, 3.63) is 41.2 Å². The molecular formula is C15H17F3N2O. The number of rotatable bonds is 3. The number of alkyl halides is 3. The van der Waals surface area contributed by atoms with Crippen molar-refractivity contribution in [2.24, 2.45) is 7.05 Å². The van der Waals surface area contributed by atoms with E-state index in [1.165, 1.54) is 11.7 Å². The molecule has 0 amide bonds. The van der Waals surface area contributed by atoms with E-state index in [1.807, 2.05) is 6.92 Å². The van der Waals surface area contributed by atoms with Crippen molar-refractivity contribution >= 4 is 0 Å². The van der Waals surface area contributed by atoms with Gasteiger partial charge in [-0.2, -0.15) is 18.3 Å². The molecule has 1 aromatic heterocycles. The van der Waals surface area contributed by atoms with Gasteiger partial charge in [-0.3, -0.25) is 4.68 Å². The molecule has 3 nitrogen and oxygen atoms in total. The number of halogens is 3. The lowest BCUT2D eigenvalue weighted by atomic mass is 10.00. The van der Waals surface area contributed by atoms with Gasteiger partial charge in [0.05, 0.1) is 6.10 Å². The SMILES string of the molecule is COC(C)c1ccc(-c2c(C(F)(F)F)nn(C)c2C)cc1. The molecule has 0 aliphatic heterocycles. The van der Waals surface area contributed by atoms with Gasteiger partial charge in [-0.25, -0.2) is 0 Å². The zero-order valence-electron chi connectivity index (χ0n) is 12.3. The number of methoxy groups -OCH3 is 1. The van der Waals surface area contributed by atoms with Crippen molar-refractivity contribution in [2.45, 2.75) is 26.1 Å². The van der Waals surface area contributed by atoms with Gasteiger partial charge in [0, 0.05) is 25.4 Å². The van der Waals surface area contributed by atoms with E-state index in [0.29, 0.717) is 11.3 Å². The average Bonchev–Trinajstić information content (AvgIpc) is 2.74. The zero-order valence-corrected chi connectivity index (χ0v) is 12.3. The van der Waals surface area contributed by atoms with Crippen LogP contribution in [0.1, 0.15) is 30.0 Å². The second-order valence-electron chi connectivity index (χ2n) is 4.93. The molecular weight excluding hydrogens is 281 g/mol. The van der Waals surface area contributed by atoms with Gasteiger partial charge in [0.1, 0.15) is 0 Å². The van der Waals surface area contributed by atoms with Gasteiger partial charge in [0.2, 0.25) is 0 Å². The standard InChI is InChI=1S/C15H17F3N2O/c1-9-13(14(15(16,17)18)19-20(9)3)12-7-5-11(6-8-12)10(2)21-4/h5-8,10H,1-4H3. The molecule has 0 aliphatic carbocycles. The Morgan fingerprint density at radius 1 is 1.19 bits per heavy atom. The van der Waals surface area contributed by atoms with Crippen LogP contribution >= 0.6 is 0 Å². The van der Waals surface area contributed by atoms with Crippen LogP contribution in [0.4, 0.5) is 13.2 Å². The number of nitrogens with zero attached hydrogens (tertiary/aromatic N) is 2. The Labute approximate surface area is 121 Å². The van der Waals surface area contributed by atoms with Crippen LogP contribution in [0.3, 0.4) is 0 Å². The first-order valence-electron chi connectivity index (χ1n) is 6.49. The molecule has 6 heteroatoms. The fourth-order valence-corrected chi connectivity index (χ4v) is 2.21. The van der Waals surface area contributed by atoms with Crippen LogP contribution in [-0.4, -0.2) is 16.9 Å². The third-order valence-electron chi connectivity index (χ3n) is 3.62. The largest absolute Gasteiger partial charge is 0.435 e. The van der Waals surface area contributed by atoms with Crippen molar-refractivity contribution in [1.82, 2.24) is 9.78 Å². The van der Waals surface area contributed by atoms with Crippen molar-refractivity contribution < 1.29 is 17.9 Å². The molecule has 0 saturated carbocycles. The van der Waals surface area contributed by atoms with Crippen LogP contribution in [0.2, 0.25) is 0 Å². The first kappa shape index (κ1) is 15.6. The van der Waals surface area contributed by atoms with Crippen molar-refractivity contribution in [2.75, 3.05) is 7.11 Å². The lowest BCUT2D eigenvalue weighted by Gasteiger charge is -2.11. The monoisotopic (exact) mass is 298 g/mol. The van der Waals surface area contributed by atoms with Gasteiger partial charge in [-0.05, 0) is 25.0 Å². The second kappa shape index (κ2) is 5.52. The van der Waals surface area contributed by atoms with E-state index in [0.717, 1.165) is 5.56 Å². The molecule has 0 fully saturated rings. The zero-order chi connectivity index (χ0) is 15.8. The third-order valence-corrected chi connectivity index (χ3v) is 3.62. The first-order chi connectivity index (χ1) is 9.75. The molecule has 1 aromatic carbocycles. The highest BCUT2D eigenvalue weighted by Crippen LogP contribution is 2.38. The lowest BCUT2D eigenvalue weighted by molar-refractivity contribution is -0.140. The molecule has 0 radical (unpaired) electrons. The van der Waals surface area contributed by atoms with Crippen molar-refractivity contribution in [1.29, 1.82) is 0 Å². The Morgan fingerprint density at radius 2 is 1.76 bits per heavy atom. The topological polar surface area (TPSA) is 27.1 Å². The number of hydrogen-bond donors (Lipinski definition) is 0. The summed E-state index contributed by atoms with van der Waals surface area (Å²) in [5.74, 6) is 0. The van der Waals surface area contributed by atoms with Crippen LogP contribution in [-0.2, 0) is 18.0 Å². The minimum Gasteiger partial charge on any atom is -0.377 e. The molecule has 1 unspecified atom stereocenters. The summed E-state index contributed by atoms with van der Waals surface area (Å²) in [6.07, 6.45) is -4.57. The maximum atomic E-state index is 13.1. The van der Waals surface area contributed by atoms with Gasteiger partial charge in [0.15, 0.2) is 5.69 Å². The molecule has 0 spiro atoms. The summed E-state index contributed by atoms with van der Waals surface area (Å²) in [4.78, 5) is 0. The Bertz CT molecular complexity index is 630. The predicted molar refractivity (Wildman–Crippen MR) is 73.8 cm³/mol. The van der Waals surface area contributed by atoms with E-state index in [-0.39, 0.29) is 11.7 Å². The molecule has 2 rings (SSSR count). The lowest BCUT2D eigenvalue weighted by Crippen LogP contribution is -2.08. The highest BCUT2D eigenvalue weighted by atomic mass is 19.4. The summed E-state index contributed by atoms with van der Waals surface area (Å²) in [5, 5.41) is 3.60. The summed E-state index contributed by atoms with van der Waals surface area (Å²) in [7, 11) is 3.10. The molecule has 21 heavy (non-hydrogen) atoms. The number of hydrogen-bond acceptors (Lipinski definition) is 2. The highest BCUT2D eigenvalue weighted by Gasteiger charge is 2.38. The minimum absolute atomic E-state index is 0.101. The molecule has 0 bridgehead atoms. The Hall–Kier alpha value is -1.82. The van der Waals surface area contributed by atoms with Gasteiger partial charge < -0.3 is 4.74 Å². The van der Waals surface area contributed by atoms with E-state index >= 15 is 0 Å². The molecule has 1 heterocycles. The molecule has 0 N–H and O–H groups in total. The van der Waals surface area contributed by atoms with Crippen LogP contribution in [0.5, 0.6) is 0 Å². The maximum Gasteiger partial charge on any atom is 0.435 e. The van der Waals surface area contributed by atoms with E-state index < -0.39 is 11.9 Å². The third kappa shape index (κ3) is 2.95. The number of aromatic nitrogens is 2. The Morgan fingerprint density at radius 3 is 2.24 bits per heavy atom. The predicted octanol–water partition coefficient (Wildman–Crippen LogP) is 4.12. The van der Waals surface area contributed by atoms with E-state index in [2.05, 4.69) is 5.10 Å². The average molecular weight is 298 g/mol. The number of aryl methyl sites for hydroxylation is 1. The fraction of sp³-hybridized carbons (Fsp3) is 0.400. The van der Waals surface area contributed by atoms with Crippen LogP contribution < -0.4 is 0 Å². The molecule has 0 aliphatic rings. The Balaban J connectivity index is 2.52. The van der Waals surface area contributed by atoms with Crippen LogP contribution in [0.25, 0.3) is 11.1 Å². The van der Waals surface area contributed by atoms with Gasteiger partial charge in [0.25, 0.3) is 0 Å². The van der Waals surface area contributed by atoms with Crippen LogP contribution in [0.15, 0.2) is 24.3 Å².